The molecule has 0 bridgehead atoms. The van der Waals surface area contributed by atoms with Crippen molar-refractivity contribution in [2.75, 3.05) is 0 Å². The van der Waals surface area contributed by atoms with E-state index in [9.17, 15) is 4.79 Å². The Bertz CT molecular complexity index is 1200. The van der Waals surface area contributed by atoms with Gasteiger partial charge in [-0.2, -0.15) is 10.5 Å². The fourth-order valence-electron chi connectivity index (χ4n) is 3.58. The maximum Gasteiger partial charge on any atom is 0.193 e. The van der Waals surface area contributed by atoms with Gasteiger partial charge in [-0.05, 0) is 59.4 Å². The molecule has 0 unspecified atom stereocenters. The van der Waals surface area contributed by atoms with Crippen molar-refractivity contribution >= 4 is 5.78 Å². The summed E-state index contributed by atoms with van der Waals surface area (Å²) in [6.45, 7) is 0. The summed E-state index contributed by atoms with van der Waals surface area (Å²) >= 11 is 0. The first-order valence-corrected chi connectivity index (χ1v) is 10.4. The SMILES string of the molecule is N#Cc1ccc(Cc2ccc(C(=O)c3ccc(Cc4ccc(C#N)cc4)cc3)cc2)cc1. The van der Waals surface area contributed by atoms with Crippen LogP contribution in [0.1, 0.15) is 49.3 Å². The van der Waals surface area contributed by atoms with Crippen LogP contribution in [0.25, 0.3) is 0 Å². The first-order valence-electron chi connectivity index (χ1n) is 10.4. The minimum absolute atomic E-state index is 0.000142. The van der Waals surface area contributed by atoms with Gasteiger partial charge in [0.2, 0.25) is 0 Å². The first kappa shape index (κ1) is 20.8. The summed E-state index contributed by atoms with van der Waals surface area (Å²) in [5, 5.41) is 17.8. The van der Waals surface area contributed by atoms with E-state index in [1.165, 1.54) is 0 Å². The highest BCUT2D eigenvalue weighted by Gasteiger charge is 2.09. The van der Waals surface area contributed by atoms with E-state index in [4.69, 9.17) is 10.5 Å². The molecule has 0 aromatic heterocycles. The summed E-state index contributed by atoms with van der Waals surface area (Å²) in [6.07, 6.45) is 1.51. The number of carbonyl (C=O) groups is 1. The highest BCUT2D eigenvalue weighted by molar-refractivity contribution is 6.09. The van der Waals surface area contributed by atoms with Crippen LogP contribution < -0.4 is 0 Å². The Morgan fingerprint density at radius 1 is 0.500 bits per heavy atom. The van der Waals surface area contributed by atoms with Gasteiger partial charge in [-0.1, -0.05) is 72.8 Å². The summed E-state index contributed by atoms with van der Waals surface area (Å²) in [4.78, 5) is 12.9. The lowest BCUT2D eigenvalue weighted by atomic mass is 9.97. The molecule has 0 atom stereocenters. The average Bonchev–Trinajstić information content (AvgIpc) is 2.85. The Morgan fingerprint density at radius 3 is 1.06 bits per heavy atom. The van der Waals surface area contributed by atoms with E-state index >= 15 is 0 Å². The third-order valence-electron chi connectivity index (χ3n) is 5.41. The zero-order chi connectivity index (χ0) is 22.3. The Hall–Kier alpha value is -4.47. The van der Waals surface area contributed by atoms with Crippen LogP contribution in [0.2, 0.25) is 0 Å². The number of hydrogen-bond donors (Lipinski definition) is 0. The zero-order valence-electron chi connectivity index (χ0n) is 17.5. The maximum absolute atomic E-state index is 12.9. The largest absolute Gasteiger partial charge is 0.289 e. The van der Waals surface area contributed by atoms with Crippen LogP contribution in [0.4, 0.5) is 0 Å². The summed E-state index contributed by atoms with van der Waals surface area (Å²) in [7, 11) is 0. The molecular weight excluding hydrogens is 392 g/mol. The molecule has 4 aromatic rings. The number of nitriles is 2. The van der Waals surface area contributed by atoms with Gasteiger partial charge < -0.3 is 0 Å². The van der Waals surface area contributed by atoms with Gasteiger partial charge in [0, 0.05) is 11.1 Å². The number of benzene rings is 4. The zero-order valence-corrected chi connectivity index (χ0v) is 17.5. The van der Waals surface area contributed by atoms with Gasteiger partial charge >= 0.3 is 0 Å². The molecule has 0 amide bonds. The van der Waals surface area contributed by atoms with Crippen molar-refractivity contribution in [1.82, 2.24) is 0 Å². The lowest BCUT2D eigenvalue weighted by Gasteiger charge is -2.06. The van der Waals surface area contributed by atoms with Gasteiger partial charge in [0.1, 0.15) is 0 Å². The molecule has 32 heavy (non-hydrogen) atoms. The molecule has 0 aliphatic carbocycles. The Morgan fingerprint density at radius 2 is 0.781 bits per heavy atom. The lowest BCUT2D eigenvalue weighted by molar-refractivity contribution is 0.103. The van der Waals surface area contributed by atoms with Gasteiger partial charge in [-0.3, -0.25) is 4.79 Å². The average molecular weight is 412 g/mol. The quantitative estimate of drug-likeness (QED) is 0.374. The van der Waals surface area contributed by atoms with Crippen molar-refractivity contribution < 1.29 is 4.79 Å². The van der Waals surface area contributed by atoms with Crippen molar-refractivity contribution in [3.05, 3.63) is 142 Å². The van der Waals surface area contributed by atoms with Crippen LogP contribution in [-0.2, 0) is 12.8 Å². The van der Waals surface area contributed by atoms with Gasteiger partial charge in [0.25, 0.3) is 0 Å². The third kappa shape index (κ3) is 4.98. The Kier molecular flexibility index (Phi) is 6.21. The molecule has 0 N–H and O–H groups in total. The molecule has 0 aliphatic heterocycles. The molecule has 0 saturated heterocycles. The normalized spacial score (nSPS) is 10.2. The van der Waals surface area contributed by atoms with Crippen LogP contribution in [0.3, 0.4) is 0 Å². The molecule has 4 rings (SSSR count). The monoisotopic (exact) mass is 412 g/mol. The van der Waals surface area contributed by atoms with E-state index in [0.29, 0.717) is 22.3 Å². The fourth-order valence-corrected chi connectivity index (χ4v) is 3.58. The summed E-state index contributed by atoms with van der Waals surface area (Å²) in [5.41, 5.74) is 7.10. The van der Waals surface area contributed by atoms with E-state index < -0.39 is 0 Å². The third-order valence-corrected chi connectivity index (χ3v) is 5.41. The Balaban J connectivity index is 1.40. The molecular formula is C29H20N2O. The van der Waals surface area contributed by atoms with Crippen LogP contribution >= 0.6 is 0 Å². The summed E-state index contributed by atoms with van der Waals surface area (Å²) < 4.78 is 0. The molecule has 4 aromatic carbocycles. The second-order valence-corrected chi connectivity index (χ2v) is 7.69. The van der Waals surface area contributed by atoms with E-state index in [-0.39, 0.29) is 5.78 Å². The van der Waals surface area contributed by atoms with E-state index in [1.807, 2.05) is 97.1 Å². The number of nitrogens with zero attached hydrogens (tertiary/aromatic N) is 2. The highest BCUT2D eigenvalue weighted by atomic mass is 16.1. The minimum Gasteiger partial charge on any atom is -0.289 e. The predicted octanol–water partition coefficient (Wildman–Crippen LogP) is 5.84. The molecule has 0 radical (unpaired) electrons. The van der Waals surface area contributed by atoms with E-state index in [1.54, 1.807) is 0 Å². The molecule has 152 valence electrons. The molecule has 3 heteroatoms. The predicted molar refractivity (Wildman–Crippen MR) is 124 cm³/mol. The van der Waals surface area contributed by atoms with Crippen LogP contribution in [0.5, 0.6) is 0 Å². The molecule has 3 nitrogen and oxygen atoms in total. The first-order chi connectivity index (χ1) is 15.6. The molecule has 0 spiro atoms. The van der Waals surface area contributed by atoms with Crippen molar-refractivity contribution in [1.29, 1.82) is 10.5 Å². The summed E-state index contributed by atoms with van der Waals surface area (Å²) in [5.74, 6) is -0.000142. The maximum atomic E-state index is 12.9. The van der Waals surface area contributed by atoms with Crippen LogP contribution in [0.15, 0.2) is 97.1 Å². The van der Waals surface area contributed by atoms with Crippen molar-refractivity contribution in [2.24, 2.45) is 0 Å². The summed E-state index contributed by atoms with van der Waals surface area (Å²) in [6, 6.07) is 34.7. The second-order valence-electron chi connectivity index (χ2n) is 7.69. The van der Waals surface area contributed by atoms with E-state index in [0.717, 1.165) is 35.1 Å². The topological polar surface area (TPSA) is 64.7 Å². The fraction of sp³-hybridized carbons (Fsp3) is 0.0690. The number of hydrogen-bond acceptors (Lipinski definition) is 3. The molecule has 0 heterocycles. The number of rotatable bonds is 6. The minimum atomic E-state index is -0.000142. The van der Waals surface area contributed by atoms with Crippen LogP contribution in [-0.4, -0.2) is 5.78 Å². The second kappa shape index (κ2) is 9.56. The lowest BCUT2D eigenvalue weighted by Crippen LogP contribution is -2.02. The standard InChI is InChI=1S/C29H20N2O/c30-19-25-5-1-21(2-6-25)17-23-9-13-27(14-10-23)29(32)28-15-11-24(12-16-28)18-22-3-7-26(20-31)8-4-22/h1-16H,17-18H2. The van der Waals surface area contributed by atoms with Crippen molar-refractivity contribution in [3.63, 3.8) is 0 Å². The van der Waals surface area contributed by atoms with Crippen molar-refractivity contribution in [3.8, 4) is 12.1 Å². The Labute approximate surface area is 187 Å². The van der Waals surface area contributed by atoms with Crippen molar-refractivity contribution in [2.45, 2.75) is 12.8 Å². The molecule has 0 aliphatic rings. The van der Waals surface area contributed by atoms with Gasteiger partial charge in [0.15, 0.2) is 5.78 Å². The van der Waals surface area contributed by atoms with Crippen LogP contribution in [0, 0.1) is 22.7 Å². The molecule has 0 saturated carbocycles. The van der Waals surface area contributed by atoms with Gasteiger partial charge in [0.05, 0.1) is 23.3 Å². The number of carbonyl (C=O) groups excluding carboxylic acids is 1. The number of ketones is 1. The van der Waals surface area contributed by atoms with Gasteiger partial charge in [-0.25, -0.2) is 0 Å². The van der Waals surface area contributed by atoms with Gasteiger partial charge in [-0.15, -0.1) is 0 Å². The highest BCUT2D eigenvalue weighted by Crippen LogP contribution is 2.17. The van der Waals surface area contributed by atoms with E-state index in [2.05, 4.69) is 12.1 Å². The molecule has 0 fully saturated rings. The smallest absolute Gasteiger partial charge is 0.193 e.